The van der Waals surface area contributed by atoms with E-state index in [0.29, 0.717) is 6.42 Å². The third-order valence-electron chi connectivity index (χ3n) is 4.41. The Bertz CT molecular complexity index is 1130. The van der Waals surface area contributed by atoms with Crippen molar-refractivity contribution in [3.05, 3.63) is 83.6 Å². The topological polar surface area (TPSA) is 83.6 Å². The molecule has 0 unspecified atom stereocenters. The van der Waals surface area contributed by atoms with E-state index in [1.54, 1.807) is 18.6 Å². The monoisotopic (exact) mass is 369 g/mol. The second-order valence-electron chi connectivity index (χ2n) is 6.50. The van der Waals surface area contributed by atoms with E-state index in [9.17, 15) is 4.79 Å². The molecule has 0 saturated heterocycles. The lowest BCUT2D eigenvalue weighted by Crippen LogP contribution is -2.15. The lowest BCUT2D eigenvalue weighted by atomic mass is 10.1. The number of nitrogens with one attached hydrogen (secondary N) is 2. The maximum absolute atomic E-state index is 12.4. The number of aromatic amines is 1. The van der Waals surface area contributed by atoms with Crippen molar-refractivity contribution < 1.29 is 4.79 Å². The first-order valence-corrected chi connectivity index (χ1v) is 8.95. The summed E-state index contributed by atoms with van der Waals surface area (Å²) < 4.78 is 0. The van der Waals surface area contributed by atoms with Gasteiger partial charge in [-0.2, -0.15) is 5.10 Å². The van der Waals surface area contributed by atoms with Crippen LogP contribution in [0.1, 0.15) is 22.5 Å². The largest absolute Gasteiger partial charge is 0.326 e. The number of nitrogens with zero attached hydrogens (tertiary/aromatic N) is 3. The van der Waals surface area contributed by atoms with Crippen LogP contribution in [0.5, 0.6) is 0 Å². The highest BCUT2D eigenvalue weighted by Gasteiger charge is 2.10. The van der Waals surface area contributed by atoms with Gasteiger partial charge in [0.1, 0.15) is 0 Å². The summed E-state index contributed by atoms with van der Waals surface area (Å²) in [7, 11) is 0. The molecule has 0 aliphatic rings. The van der Waals surface area contributed by atoms with Crippen LogP contribution in [-0.4, -0.2) is 26.1 Å². The Morgan fingerprint density at radius 3 is 2.79 bits per heavy atom. The van der Waals surface area contributed by atoms with Crippen molar-refractivity contribution in [2.24, 2.45) is 0 Å². The number of anilines is 1. The number of H-pyrrole nitrogens is 1. The van der Waals surface area contributed by atoms with Crippen molar-refractivity contribution in [1.29, 1.82) is 0 Å². The number of carbonyl (C=O) groups is 1. The molecule has 2 aromatic heterocycles. The van der Waals surface area contributed by atoms with Crippen molar-refractivity contribution in [2.45, 2.75) is 13.3 Å². The predicted octanol–water partition coefficient (Wildman–Crippen LogP) is 4.01. The lowest BCUT2D eigenvalue weighted by molar-refractivity contribution is -0.115. The van der Waals surface area contributed by atoms with Crippen LogP contribution >= 0.6 is 0 Å². The van der Waals surface area contributed by atoms with Crippen LogP contribution in [0.3, 0.4) is 0 Å². The van der Waals surface area contributed by atoms with Gasteiger partial charge in [0.05, 0.1) is 29.5 Å². The number of hydrogen-bond acceptors (Lipinski definition) is 4. The second kappa shape index (κ2) is 7.84. The van der Waals surface area contributed by atoms with Crippen LogP contribution in [-0.2, 0) is 11.2 Å². The highest BCUT2D eigenvalue weighted by Crippen LogP contribution is 2.26. The van der Waals surface area contributed by atoms with Gasteiger partial charge in [0.15, 0.2) is 0 Å². The van der Waals surface area contributed by atoms with Gasteiger partial charge in [-0.15, -0.1) is 0 Å². The number of aryl methyl sites for hydroxylation is 1. The zero-order chi connectivity index (χ0) is 19.3. The van der Waals surface area contributed by atoms with E-state index in [1.165, 1.54) is 0 Å². The minimum atomic E-state index is -0.0474. The van der Waals surface area contributed by atoms with Crippen LogP contribution < -0.4 is 5.32 Å². The number of aromatic nitrogens is 4. The van der Waals surface area contributed by atoms with Gasteiger partial charge in [0, 0.05) is 23.5 Å². The van der Waals surface area contributed by atoms with Crippen LogP contribution in [0.15, 0.2) is 61.1 Å². The highest BCUT2D eigenvalue weighted by atomic mass is 16.1. The van der Waals surface area contributed by atoms with Crippen molar-refractivity contribution in [1.82, 2.24) is 20.2 Å². The predicted molar refractivity (Wildman–Crippen MR) is 111 cm³/mol. The smallest absolute Gasteiger partial charge is 0.228 e. The van der Waals surface area contributed by atoms with Crippen molar-refractivity contribution in [3.63, 3.8) is 0 Å². The molecule has 0 aliphatic carbocycles. The Labute approximate surface area is 162 Å². The molecule has 1 amide bonds. The summed E-state index contributed by atoms with van der Waals surface area (Å²) in [6.07, 6.45) is 9.04. The number of amides is 1. The van der Waals surface area contributed by atoms with Crippen LogP contribution in [0.25, 0.3) is 23.1 Å². The lowest BCUT2D eigenvalue weighted by Gasteiger charge is -2.09. The van der Waals surface area contributed by atoms with Gasteiger partial charge in [0.25, 0.3) is 0 Å². The van der Waals surface area contributed by atoms with E-state index in [4.69, 9.17) is 0 Å². The number of rotatable bonds is 5. The summed E-state index contributed by atoms with van der Waals surface area (Å²) in [6.45, 7) is 1.97. The van der Waals surface area contributed by atoms with Crippen molar-refractivity contribution in [2.75, 3.05) is 5.32 Å². The fourth-order valence-electron chi connectivity index (χ4n) is 2.99. The number of benzene rings is 2. The van der Waals surface area contributed by atoms with Crippen LogP contribution in [0.4, 0.5) is 5.69 Å². The van der Waals surface area contributed by atoms with Crippen LogP contribution in [0.2, 0.25) is 0 Å². The zero-order valence-corrected chi connectivity index (χ0v) is 15.4. The Morgan fingerprint density at radius 2 is 2.00 bits per heavy atom. The van der Waals surface area contributed by atoms with Crippen LogP contribution in [0, 0.1) is 6.92 Å². The average molecular weight is 369 g/mol. The molecule has 2 N–H and O–H groups in total. The van der Waals surface area contributed by atoms with Gasteiger partial charge in [-0.1, -0.05) is 30.3 Å². The van der Waals surface area contributed by atoms with Gasteiger partial charge >= 0.3 is 0 Å². The van der Waals surface area contributed by atoms with Crippen molar-refractivity contribution >= 4 is 34.6 Å². The molecule has 28 heavy (non-hydrogen) atoms. The van der Waals surface area contributed by atoms with Gasteiger partial charge in [-0.25, -0.2) is 0 Å². The normalized spacial score (nSPS) is 11.2. The third kappa shape index (κ3) is 3.96. The van der Waals surface area contributed by atoms with Gasteiger partial charge in [0.2, 0.25) is 5.91 Å². The molecule has 0 saturated carbocycles. The average Bonchev–Trinajstić information content (AvgIpc) is 3.10. The fourth-order valence-corrected chi connectivity index (χ4v) is 2.99. The summed E-state index contributed by atoms with van der Waals surface area (Å²) in [4.78, 5) is 20.7. The van der Waals surface area contributed by atoms with Crippen molar-refractivity contribution in [3.8, 4) is 0 Å². The summed E-state index contributed by atoms with van der Waals surface area (Å²) in [5.41, 5.74) is 5.18. The molecule has 4 aromatic rings. The molecule has 138 valence electrons. The van der Waals surface area contributed by atoms with E-state index in [0.717, 1.165) is 39.1 Å². The molecule has 0 atom stereocenters. The molecule has 0 fully saturated rings. The molecule has 0 bridgehead atoms. The number of fused-ring (bicyclic) bond motifs is 1. The zero-order valence-electron chi connectivity index (χ0n) is 15.4. The van der Waals surface area contributed by atoms with E-state index in [2.05, 4.69) is 25.5 Å². The number of hydrogen-bond donors (Lipinski definition) is 2. The Balaban J connectivity index is 1.58. The molecule has 4 rings (SSSR count). The first-order chi connectivity index (χ1) is 13.7. The van der Waals surface area contributed by atoms with E-state index < -0.39 is 0 Å². The van der Waals surface area contributed by atoms with E-state index in [1.807, 2.05) is 61.5 Å². The molecule has 0 aliphatic heterocycles. The Kier molecular flexibility index (Phi) is 4.93. The van der Waals surface area contributed by atoms with Gasteiger partial charge in [-0.3, -0.25) is 19.9 Å². The Morgan fingerprint density at radius 1 is 1.14 bits per heavy atom. The maximum Gasteiger partial charge on any atom is 0.228 e. The molecule has 2 heterocycles. The van der Waals surface area contributed by atoms with Gasteiger partial charge in [-0.05, 0) is 42.3 Å². The summed E-state index contributed by atoms with van der Waals surface area (Å²) >= 11 is 0. The van der Waals surface area contributed by atoms with Gasteiger partial charge < -0.3 is 5.32 Å². The highest BCUT2D eigenvalue weighted by molar-refractivity contribution is 5.98. The first kappa shape index (κ1) is 17.6. The fraction of sp³-hybridized carbons (Fsp3) is 0.0909. The molecule has 0 radical (unpaired) electrons. The molecule has 0 spiro atoms. The quantitative estimate of drug-likeness (QED) is 0.557. The molecular weight excluding hydrogens is 350 g/mol. The maximum atomic E-state index is 12.4. The summed E-state index contributed by atoms with van der Waals surface area (Å²) in [5, 5.41) is 11.3. The van der Waals surface area contributed by atoms with E-state index >= 15 is 0 Å². The SMILES string of the molecule is Cc1cc2[nH]nc(/C=C/c3cnccn3)c2cc1NC(=O)Cc1ccccc1. The van der Waals surface area contributed by atoms with E-state index in [-0.39, 0.29) is 5.91 Å². The molecule has 6 heteroatoms. The first-order valence-electron chi connectivity index (χ1n) is 8.95. The molecule has 2 aromatic carbocycles. The minimum Gasteiger partial charge on any atom is -0.326 e. The Hall–Kier alpha value is -3.80. The molecular formula is C22H19N5O. The standard InChI is InChI=1S/C22H19N5O/c1-15-11-21-18(19(26-27-21)8-7-17-14-23-9-10-24-17)13-20(15)25-22(28)12-16-5-3-2-4-6-16/h2-11,13-14H,12H2,1H3,(H,25,28)(H,26,27)/b8-7+. The molecule has 6 nitrogen and oxygen atoms in total. The minimum absolute atomic E-state index is 0.0474. The summed E-state index contributed by atoms with van der Waals surface area (Å²) in [5.74, 6) is -0.0474. The number of carbonyl (C=O) groups excluding carboxylic acids is 1. The third-order valence-corrected chi connectivity index (χ3v) is 4.41. The second-order valence-corrected chi connectivity index (χ2v) is 6.50. The summed E-state index contributed by atoms with van der Waals surface area (Å²) in [6, 6.07) is 13.6.